The quantitative estimate of drug-likeness (QED) is 0.587. The Morgan fingerprint density at radius 2 is 1.79 bits per heavy atom. The van der Waals surface area contributed by atoms with E-state index in [-0.39, 0.29) is 25.0 Å². The molecule has 2 rings (SSSR count). The minimum absolute atomic E-state index is 0.207. The van der Waals surface area contributed by atoms with Gasteiger partial charge in [-0.05, 0) is 58.2 Å². The Bertz CT molecular complexity index is 831. The molecule has 150 valence electrons. The highest BCUT2D eigenvalue weighted by Crippen LogP contribution is 2.28. The van der Waals surface area contributed by atoms with Crippen LogP contribution in [0, 0.1) is 0 Å². The maximum atomic E-state index is 12.9. The molecular formula is C20H21BrCl2N2O3. The van der Waals surface area contributed by atoms with Crippen molar-refractivity contribution in [3.63, 3.8) is 0 Å². The third-order valence-corrected chi connectivity index (χ3v) is 5.25. The van der Waals surface area contributed by atoms with Crippen LogP contribution in [0.25, 0.3) is 0 Å². The summed E-state index contributed by atoms with van der Waals surface area (Å²) in [5.41, 5.74) is 0.868. The summed E-state index contributed by atoms with van der Waals surface area (Å²) in [6.45, 7) is 1.92. The molecule has 0 aliphatic carbocycles. The largest absolute Gasteiger partial charge is 0.483 e. The molecule has 0 saturated carbocycles. The molecule has 5 nitrogen and oxygen atoms in total. The van der Waals surface area contributed by atoms with Crippen molar-refractivity contribution in [2.75, 3.05) is 13.7 Å². The zero-order chi connectivity index (χ0) is 20.7. The summed E-state index contributed by atoms with van der Waals surface area (Å²) in [6.07, 6.45) is 0.476. The molecule has 0 unspecified atom stereocenters. The van der Waals surface area contributed by atoms with Crippen molar-refractivity contribution >= 4 is 50.9 Å². The van der Waals surface area contributed by atoms with Gasteiger partial charge >= 0.3 is 0 Å². The lowest BCUT2D eigenvalue weighted by molar-refractivity contribution is -0.142. The van der Waals surface area contributed by atoms with E-state index < -0.39 is 6.04 Å². The summed E-state index contributed by atoms with van der Waals surface area (Å²) in [6, 6.07) is 11.6. The number of nitrogens with zero attached hydrogens (tertiary/aromatic N) is 1. The van der Waals surface area contributed by atoms with Gasteiger partial charge in [0.05, 0.1) is 4.47 Å². The average Bonchev–Trinajstić information content (AvgIpc) is 2.68. The molecule has 8 heteroatoms. The van der Waals surface area contributed by atoms with Crippen molar-refractivity contribution in [3.8, 4) is 5.75 Å². The molecule has 0 aliphatic heterocycles. The van der Waals surface area contributed by atoms with Gasteiger partial charge < -0.3 is 15.0 Å². The maximum absolute atomic E-state index is 12.9. The summed E-state index contributed by atoms with van der Waals surface area (Å²) in [5.74, 6) is -0.0260. The summed E-state index contributed by atoms with van der Waals surface area (Å²) in [7, 11) is 1.55. The van der Waals surface area contributed by atoms with Crippen molar-refractivity contribution in [2.45, 2.75) is 25.9 Å². The molecule has 0 aromatic heterocycles. The summed E-state index contributed by atoms with van der Waals surface area (Å²) >= 11 is 15.2. The molecule has 2 amide bonds. The second-order valence-electron chi connectivity index (χ2n) is 6.05. The van der Waals surface area contributed by atoms with E-state index in [1.165, 1.54) is 4.90 Å². The molecule has 1 atom stereocenters. The molecule has 0 spiro atoms. The number of benzene rings is 2. The van der Waals surface area contributed by atoms with Gasteiger partial charge in [0.15, 0.2) is 6.61 Å². The van der Waals surface area contributed by atoms with E-state index in [4.69, 9.17) is 27.9 Å². The Hall–Kier alpha value is -1.76. The van der Waals surface area contributed by atoms with Gasteiger partial charge in [-0.25, -0.2) is 0 Å². The van der Waals surface area contributed by atoms with E-state index in [0.717, 1.165) is 5.56 Å². The predicted octanol–water partition coefficient (Wildman–Crippen LogP) is 4.69. The van der Waals surface area contributed by atoms with E-state index in [0.29, 0.717) is 26.7 Å². The predicted molar refractivity (Wildman–Crippen MR) is 115 cm³/mol. The van der Waals surface area contributed by atoms with Crippen LogP contribution in [-0.4, -0.2) is 36.4 Å². The van der Waals surface area contributed by atoms with E-state index in [9.17, 15) is 9.59 Å². The number of carbonyl (C=O) groups excluding carboxylic acids is 2. The Kier molecular flexibility index (Phi) is 8.60. The standard InChI is InChI=1S/C20H21BrCl2N2O3/c1-3-17(20(27)24-2)25(11-13-4-6-14(22)7-5-13)19(26)12-28-18-9-8-15(23)10-16(18)21/h4-10,17H,3,11-12H2,1-2H3,(H,24,27)/t17-/m1/s1. The van der Waals surface area contributed by atoms with Crippen LogP contribution in [0.1, 0.15) is 18.9 Å². The van der Waals surface area contributed by atoms with Gasteiger partial charge in [-0.1, -0.05) is 42.3 Å². The highest BCUT2D eigenvalue weighted by atomic mass is 79.9. The monoisotopic (exact) mass is 486 g/mol. The number of likely N-dealkylation sites (N-methyl/N-ethyl adjacent to an activating group) is 1. The van der Waals surface area contributed by atoms with Crippen LogP contribution >= 0.6 is 39.1 Å². The number of halogens is 3. The van der Waals surface area contributed by atoms with Crippen LogP contribution < -0.4 is 10.1 Å². The molecule has 2 aromatic carbocycles. The lowest BCUT2D eigenvalue weighted by Gasteiger charge is -2.30. The maximum Gasteiger partial charge on any atom is 0.261 e. The van der Waals surface area contributed by atoms with Gasteiger partial charge in [-0.3, -0.25) is 9.59 Å². The van der Waals surface area contributed by atoms with Crippen molar-refractivity contribution in [1.82, 2.24) is 10.2 Å². The number of rotatable bonds is 8. The zero-order valence-corrected chi connectivity index (χ0v) is 18.6. The van der Waals surface area contributed by atoms with Crippen LogP contribution in [0.2, 0.25) is 10.0 Å². The van der Waals surface area contributed by atoms with E-state index >= 15 is 0 Å². The van der Waals surface area contributed by atoms with Crippen LogP contribution in [0.15, 0.2) is 46.9 Å². The molecule has 0 radical (unpaired) electrons. The SMILES string of the molecule is CC[C@H](C(=O)NC)N(Cc1ccc(Cl)cc1)C(=O)COc1ccc(Cl)cc1Br. The van der Waals surface area contributed by atoms with Crippen LogP contribution in [-0.2, 0) is 16.1 Å². The van der Waals surface area contributed by atoms with Crippen LogP contribution in [0.4, 0.5) is 0 Å². The van der Waals surface area contributed by atoms with Gasteiger partial charge in [-0.15, -0.1) is 0 Å². The minimum Gasteiger partial charge on any atom is -0.483 e. The topological polar surface area (TPSA) is 58.6 Å². The number of hydrogen-bond donors (Lipinski definition) is 1. The molecule has 0 heterocycles. The zero-order valence-electron chi connectivity index (χ0n) is 15.5. The van der Waals surface area contributed by atoms with Gasteiger partial charge in [0, 0.05) is 23.6 Å². The second-order valence-corrected chi connectivity index (χ2v) is 7.78. The Labute approximate surface area is 183 Å². The third kappa shape index (κ3) is 6.12. The van der Waals surface area contributed by atoms with Gasteiger partial charge in [0.2, 0.25) is 5.91 Å². The summed E-state index contributed by atoms with van der Waals surface area (Å²) in [5, 5.41) is 3.78. The van der Waals surface area contributed by atoms with Gasteiger partial charge in [0.25, 0.3) is 5.91 Å². The molecule has 28 heavy (non-hydrogen) atoms. The van der Waals surface area contributed by atoms with Crippen LogP contribution in [0.5, 0.6) is 5.75 Å². The fourth-order valence-electron chi connectivity index (χ4n) is 2.69. The molecule has 0 fully saturated rings. The first-order valence-electron chi connectivity index (χ1n) is 8.69. The van der Waals surface area contributed by atoms with Crippen molar-refractivity contribution < 1.29 is 14.3 Å². The summed E-state index contributed by atoms with van der Waals surface area (Å²) in [4.78, 5) is 26.8. The Balaban J connectivity index is 2.19. The first-order valence-corrected chi connectivity index (χ1v) is 10.2. The third-order valence-electron chi connectivity index (χ3n) is 4.14. The highest BCUT2D eigenvalue weighted by Gasteiger charge is 2.28. The second kappa shape index (κ2) is 10.7. The number of hydrogen-bond acceptors (Lipinski definition) is 3. The number of ether oxygens (including phenoxy) is 1. The molecule has 0 bridgehead atoms. The molecule has 1 N–H and O–H groups in total. The summed E-state index contributed by atoms with van der Waals surface area (Å²) < 4.78 is 6.30. The Morgan fingerprint density at radius 1 is 1.14 bits per heavy atom. The minimum atomic E-state index is -0.606. The highest BCUT2D eigenvalue weighted by molar-refractivity contribution is 9.10. The fourth-order valence-corrected chi connectivity index (χ4v) is 3.61. The van der Waals surface area contributed by atoms with Crippen molar-refractivity contribution in [2.24, 2.45) is 0 Å². The molecular weight excluding hydrogens is 467 g/mol. The van der Waals surface area contributed by atoms with Crippen molar-refractivity contribution in [3.05, 3.63) is 62.5 Å². The number of carbonyl (C=O) groups is 2. The average molecular weight is 488 g/mol. The molecule has 0 aliphatic rings. The first kappa shape index (κ1) is 22.5. The lowest BCUT2D eigenvalue weighted by atomic mass is 10.1. The normalized spacial score (nSPS) is 11.6. The first-order chi connectivity index (χ1) is 13.3. The molecule has 2 aromatic rings. The van der Waals surface area contributed by atoms with Crippen LogP contribution in [0.3, 0.4) is 0 Å². The van der Waals surface area contributed by atoms with E-state index in [1.54, 1.807) is 37.4 Å². The van der Waals surface area contributed by atoms with Crippen molar-refractivity contribution in [1.29, 1.82) is 0 Å². The van der Waals surface area contributed by atoms with E-state index in [1.807, 2.05) is 19.1 Å². The van der Waals surface area contributed by atoms with Gasteiger partial charge in [0.1, 0.15) is 11.8 Å². The van der Waals surface area contributed by atoms with E-state index in [2.05, 4.69) is 21.2 Å². The lowest BCUT2D eigenvalue weighted by Crippen LogP contribution is -2.49. The fraction of sp³-hybridized carbons (Fsp3) is 0.300. The number of nitrogens with one attached hydrogen (secondary N) is 1. The number of amides is 2. The smallest absolute Gasteiger partial charge is 0.261 e. The Morgan fingerprint density at radius 3 is 2.36 bits per heavy atom. The van der Waals surface area contributed by atoms with Gasteiger partial charge in [-0.2, -0.15) is 0 Å². The molecule has 0 saturated heterocycles.